The molecule has 4 unspecified atom stereocenters. The summed E-state index contributed by atoms with van der Waals surface area (Å²) in [5, 5.41) is 13.9. The van der Waals surface area contributed by atoms with E-state index in [9.17, 15) is 19.2 Å². The zero-order chi connectivity index (χ0) is 19.0. The van der Waals surface area contributed by atoms with E-state index in [2.05, 4.69) is 10.6 Å². The molecule has 0 aromatic carbocycles. The fraction of sp³-hybridized carbons (Fsp3) is 0.733. The van der Waals surface area contributed by atoms with Crippen molar-refractivity contribution in [3.63, 3.8) is 0 Å². The highest BCUT2D eigenvalue weighted by Crippen LogP contribution is 2.10. The molecule has 0 saturated carbocycles. The first-order valence-electron chi connectivity index (χ1n) is 7.88. The Morgan fingerprint density at radius 1 is 1.04 bits per heavy atom. The molecule has 0 spiro atoms. The van der Waals surface area contributed by atoms with Crippen molar-refractivity contribution in [1.82, 2.24) is 10.6 Å². The molecule has 0 aliphatic carbocycles. The molecule has 0 heterocycles. The monoisotopic (exact) mass is 344 g/mol. The smallest absolute Gasteiger partial charge is 0.326 e. The van der Waals surface area contributed by atoms with E-state index >= 15 is 0 Å². The number of hydrogen-bond acceptors (Lipinski definition) is 5. The lowest BCUT2D eigenvalue weighted by Crippen LogP contribution is -2.57. The summed E-state index contributed by atoms with van der Waals surface area (Å²) in [6, 6.07) is -3.19. The van der Waals surface area contributed by atoms with Crippen LogP contribution < -0.4 is 22.1 Å². The SMILES string of the molecule is CCC(C)C(NC(=O)C(N)C(C)C)C(=O)NC(CC(N)=O)C(=O)O. The number of carbonyl (C=O) groups is 4. The second-order valence-corrected chi connectivity index (χ2v) is 6.21. The maximum absolute atomic E-state index is 12.4. The molecule has 3 amide bonds. The van der Waals surface area contributed by atoms with Gasteiger partial charge in [-0.15, -0.1) is 0 Å². The van der Waals surface area contributed by atoms with E-state index in [-0.39, 0.29) is 11.8 Å². The molecular formula is C15H28N4O5. The minimum Gasteiger partial charge on any atom is -0.480 e. The summed E-state index contributed by atoms with van der Waals surface area (Å²) in [5.74, 6) is -3.79. The van der Waals surface area contributed by atoms with E-state index in [0.717, 1.165) is 0 Å². The largest absolute Gasteiger partial charge is 0.480 e. The van der Waals surface area contributed by atoms with Crippen LogP contribution in [0, 0.1) is 11.8 Å². The minimum atomic E-state index is -1.45. The van der Waals surface area contributed by atoms with Crippen molar-refractivity contribution in [3.8, 4) is 0 Å². The lowest BCUT2D eigenvalue weighted by molar-refractivity contribution is -0.144. The van der Waals surface area contributed by atoms with E-state index < -0.39 is 48.2 Å². The van der Waals surface area contributed by atoms with Crippen LogP contribution in [0.25, 0.3) is 0 Å². The highest BCUT2D eigenvalue weighted by molar-refractivity contribution is 5.93. The molecular weight excluding hydrogens is 316 g/mol. The lowest BCUT2D eigenvalue weighted by atomic mass is 9.96. The van der Waals surface area contributed by atoms with Crippen LogP contribution >= 0.6 is 0 Å². The number of rotatable bonds is 10. The minimum absolute atomic E-state index is 0.118. The molecule has 0 fully saturated rings. The fourth-order valence-corrected chi connectivity index (χ4v) is 1.92. The predicted molar refractivity (Wildman–Crippen MR) is 87.6 cm³/mol. The van der Waals surface area contributed by atoms with Gasteiger partial charge in [-0.2, -0.15) is 0 Å². The van der Waals surface area contributed by atoms with E-state index in [1.54, 1.807) is 20.8 Å². The first kappa shape index (κ1) is 21.8. The zero-order valence-corrected chi connectivity index (χ0v) is 14.5. The highest BCUT2D eigenvalue weighted by atomic mass is 16.4. The van der Waals surface area contributed by atoms with Crippen molar-refractivity contribution in [2.24, 2.45) is 23.3 Å². The van der Waals surface area contributed by atoms with Crippen molar-refractivity contribution in [2.75, 3.05) is 0 Å². The Hall–Kier alpha value is -2.16. The normalized spacial score (nSPS) is 15.9. The molecule has 9 nitrogen and oxygen atoms in total. The molecule has 0 aromatic rings. The van der Waals surface area contributed by atoms with Gasteiger partial charge in [0.05, 0.1) is 12.5 Å². The number of carboxylic acid groups (broad SMARTS) is 1. The van der Waals surface area contributed by atoms with Gasteiger partial charge in [-0.1, -0.05) is 34.1 Å². The quantitative estimate of drug-likeness (QED) is 0.339. The number of carbonyl (C=O) groups excluding carboxylic acids is 3. The molecule has 0 bridgehead atoms. The van der Waals surface area contributed by atoms with E-state index in [1.165, 1.54) is 0 Å². The van der Waals surface area contributed by atoms with Crippen LogP contribution in [-0.4, -0.2) is 46.9 Å². The van der Waals surface area contributed by atoms with Crippen molar-refractivity contribution < 1.29 is 24.3 Å². The van der Waals surface area contributed by atoms with Crippen molar-refractivity contribution in [3.05, 3.63) is 0 Å². The van der Waals surface area contributed by atoms with Crippen LogP contribution in [0.5, 0.6) is 0 Å². The summed E-state index contributed by atoms with van der Waals surface area (Å²) >= 11 is 0. The number of hydrogen-bond donors (Lipinski definition) is 5. The van der Waals surface area contributed by atoms with E-state index in [1.807, 2.05) is 6.92 Å². The third kappa shape index (κ3) is 6.95. The Labute approximate surface area is 141 Å². The molecule has 24 heavy (non-hydrogen) atoms. The number of aliphatic carboxylic acids is 1. The topological polar surface area (TPSA) is 165 Å². The fourth-order valence-electron chi connectivity index (χ4n) is 1.92. The van der Waals surface area contributed by atoms with Crippen LogP contribution in [0.2, 0.25) is 0 Å². The number of nitrogens with two attached hydrogens (primary N) is 2. The lowest BCUT2D eigenvalue weighted by Gasteiger charge is -2.27. The zero-order valence-electron chi connectivity index (χ0n) is 14.5. The summed E-state index contributed by atoms with van der Waals surface area (Å²) in [6.45, 7) is 7.12. The first-order valence-corrected chi connectivity index (χ1v) is 7.88. The molecule has 0 aliphatic heterocycles. The molecule has 7 N–H and O–H groups in total. The first-order chi connectivity index (χ1) is 11.0. The molecule has 0 rings (SSSR count). The molecule has 0 aliphatic rings. The van der Waals surface area contributed by atoms with Gasteiger partial charge in [0.1, 0.15) is 12.1 Å². The van der Waals surface area contributed by atoms with Gasteiger partial charge in [0.2, 0.25) is 17.7 Å². The van der Waals surface area contributed by atoms with Gasteiger partial charge in [-0.05, 0) is 11.8 Å². The molecule has 138 valence electrons. The Bertz CT molecular complexity index is 480. The Morgan fingerprint density at radius 2 is 1.58 bits per heavy atom. The molecule has 9 heteroatoms. The summed E-state index contributed by atoms with van der Waals surface area (Å²) in [6.07, 6.45) is 0.0383. The summed E-state index contributed by atoms with van der Waals surface area (Å²) in [5.41, 5.74) is 10.7. The van der Waals surface area contributed by atoms with Crippen LogP contribution in [0.15, 0.2) is 0 Å². The van der Waals surface area contributed by atoms with Crippen molar-refractivity contribution in [2.45, 2.75) is 58.7 Å². The van der Waals surface area contributed by atoms with Crippen LogP contribution in [0.3, 0.4) is 0 Å². The van der Waals surface area contributed by atoms with Gasteiger partial charge in [0, 0.05) is 0 Å². The van der Waals surface area contributed by atoms with Crippen LogP contribution in [-0.2, 0) is 19.2 Å². The van der Waals surface area contributed by atoms with E-state index in [0.29, 0.717) is 6.42 Å². The van der Waals surface area contributed by atoms with Gasteiger partial charge in [-0.3, -0.25) is 14.4 Å². The van der Waals surface area contributed by atoms with E-state index in [4.69, 9.17) is 16.6 Å². The highest BCUT2D eigenvalue weighted by Gasteiger charge is 2.31. The van der Waals surface area contributed by atoms with Gasteiger partial charge < -0.3 is 27.2 Å². The summed E-state index contributed by atoms with van der Waals surface area (Å²) < 4.78 is 0. The predicted octanol–water partition coefficient (Wildman–Crippen LogP) is -1.05. The molecule has 0 saturated heterocycles. The Balaban J connectivity index is 5.16. The maximum atomic E-state index is 12.4. The molecule has 0 aromatic heterocycles. The number of carboxylic acids is 1. The third-order valence-electron chi connectivity index (χ3n) is 3.83. The maximum Gasteiger partial charge on any atom is 0.326 e. The van der Waals surface area contributed by atoms with Crippen molar-refractivity contribution in [1.29, 1.82) is 0 Å². The number of primary amides is 1. The average molecular weight is 344 g/mol. The summed E-state index contributed by atoms with van der Waals surface area (Å²) in [4.78, 5) is 46.5. The summed E-state index contributed by atoms with van der Waals surface area (Å²) in [7, 11) is 0. The van der Waals surface area contributed by atoms with Gasteiger partial charge in [0.15, 0.2) is 0 Å². The Morgan fingerprint density at radius 3 is 1.96 bits per heavy atom. The standard InChI is InChI=1S/C15H28N4O5/c1-5-8(4)12(19-13(21)11(17)7(2)3)14(22)18-9(15(23)24)6-10(16)20/h7-9,11-12H,5-6,17H2,1-4H3,(H2,16,20)(H,18,22)(H,19,21)(H,23,24). The van der Waals surface area contributed by atoms with Gasteiger partial charge >= 0.3 is 5.97 Å². The Kier molecular flexibility index (Phi) is 8.97. The second kappa shape index (κ2) is 9.86. The number of nitrogens with one attached hydrogen (secondary N) is 2. The van der Waals surface area contributed by atoms with Crippen LogP contribution in [0.1, 0.15) is 40.5 Å². The van der Waals surface area contributed by atoms with Gasteiger partial charge in [-0.25, -0.2) is 4.79 Å². The third-order valence-corrected chi connectivity index (χ3v) is 3.83. The molecule has 0 radical (unpaired) electrons. The average Bonchev–Trinajstić information content (AvgIpc) is 2.49. The van der Waals surface area contributed by atoms with Gasteiger partial charge in [0.25, 0.3) is 0 Å². The number of amides is 3. The van der Waals surface area contributed by atoms with Crippen molar-refractivity contribution >= 4 is 23.7 Å². The molecule has 4 atom stereocenters. The van der Waals surface area contributed by atoms with Crippen LogP contribution in [0.4, 0.5) is 0 Å². The second-order valence-electron chi connectivity index (χ2n) is 6.21.